The third-order valence-electron chi connectivity index (χ3n) is 9.65. The number of phenolic OH excluding ortho intramolecular Hbond substituents is 1. The summed E-state index contributed by atoms with van der Waals surface area (Å²) in [6, 6.07) is 0.880. The number of ether oxygens (including phenoxy) is 1. The van der Waals surface area contributed by atoms with Crippen molar-refractivity contribution in [1.29, 1.82) is 0 Å². The van der Waals surface area contributed by atoms with Crippen molar-refractivity contribution in [3.63, 3.8) is 0 Å². The fourth-order valence-corrected chi connectivity index (χ4v) is 8.26. The second-order valence-corrected chi connectivity index (χ2v) is 12.7. The molecule has 0 aromatic heterocycles. The van der Waals surface area contributed by atoms with Crippen LogP contribution in [0.4, 0.5) is 0 Å². The van der Waals surface area contributed by atoms with Gasteiger partial charge in [-0.1, -0.05) is 24.4 Å². The first-order valence-corrected chi connectivity index (χ1v) is 14.3. The topological polar surface area (TPSA) is 137 Å². The lowest BCUT2D eigenvalue weighted by Crippen LogP contribution is -2.63. The molecule has 1 heterocycles. The summed E-state index contributed by atoms with van der Waals surface area (Å²) in [6.45, 7) is 1.50. The Morgan fingerprint density at radius 3 is 2.50 bits per heavy atom. The summed E-state index contributed by atoms with van der Waals surface area (Å²) in [5.74, 6) is -2.23. The zero-order chi connectivity index (χ0) is 28.7. The van der Waals surface area contributed by atoms with Crippen LogP contribution in [-0.4, -0.2) is 76.1 Å². The Kier molecular flexibility index (Phi) is 6.48. The summed E-state index contributed by atoms with van der Waals surface area (Å²) in [4.78, 5) is 30.3. The lowest BCUT2D eigenvalue weighted by Gasteiger charge is -2.57. The van der Waals surface area contributed by atoms with Crippen molar-refractivity contribution in [1.82, 2.24) is 9.80 Å². The minimum atomic E-state index is -1.48. The Balaban J connectivity index is 1.40. The molecule has 10 heteroatoms. The molecule has 1 aromatic carbocycles. The number of rotatable bonds is 6. The molecule has 1 aromatic rings. The van der Waals surface area contributed by atoms with E-state index in [1.165, 1.54) is 31.9 Å². The van der Waals surface area contributed by atoms with Gasteiger partial charge in [-0.25, -0.2) is 0 Å². The van der Waals surface area contributed by atoms with Crippen molar-refractivity contribution >= 4 is 23.3 Å². The van der Waals surface area contributed by atoms with Gasteiger partial charge in [-0.3, -0.25) is 14.5 Å². The van der Waals surface area contributed by atoms with Crippen LogP contribution in [0.2, 0.25) is 5.02 Å². The first kappa shape index (κ1) is 27.2. The van der Waals surface area contributed by atoms with Crippen molar-refractivity contribution in [3.8, 4) is 5.75 Å². The molecule has 4 aliphatic carbocycles. The molecule has 1 saturated carbocycles. The second kappa shape index (κ2) is 9.53. The molecule has 0 radical (unpaired) electrons. The number of nitrogens with zero attached hydrogens (tertiary/aromatic N) is 2. The number of ketones is 1. The monoisotopic (exact) mass is 569 g/mol. The second-order valence-electron chi connectivity index (χ2n) is 12.3. The number of carbonyl (C=O) groups is 2. The number of aliphatic hydroxyl groups excluding tert-OH is 2. The highest BCUT2D eigenvalue weighted by molar-refractivity contribution is 6.33. The van der Waals surface area contributed by atoms with Gasteiger partial charge in [-0.2, -0.15) is 0 Å². The van der Waals surface area contributed by atoms with Gasteiger partial charge in [-0.15, -0.1) is 0 Å². The van der Waals surface area contributed by atoms with Gasteiger partial charge in [0.1, 0.15) is 17.3 Å². The largest absolute Gasteiger partial charge is 0.510 e. The summed E-state index contributed by atoms with van der Waals surface area (Å²) >= 11 is 6.94. The van der Waals surface area contributed by atoms with E-state index in [-0.39, 0.29) is 39.6 Å². The highest BCUT2D eigenvalue weighted by Gasteiger charge is 2.66. The summed E-state index contributed by atoms with van der Waals surface area (Å²) < 4.78 is 5.91. The van der Waals surface area contributed by atoms with Crippen LogP contribution in [0.3, 0.4) is 0 Å². The van der Waals surface area contributed by atoms with E-state index in [9.17, 15) is 24.9 Å². The number of hydrogen-bond acceptors (Lipinski definition) is 8. The van der Waals surface area contributed by atoms with Crippen LogP contribution >= 0.6 is 11.6 Å². The highest BCUT2D eigenvalue weighted by atomic mass is 35.5. The maximum atomic E-state index is 14.0. The summed E-state index contributed by atoms with van der Waals surface area (Å²) in [7, 11) is 5.58. The Labute approximate surface area is 238 Å². The lowest BCUT2D eigenvalue weighted by atomic mass is 9.56. The number of nitrogens with two attached hydrogens (primary N) is 1. The van der Waals surface area contributed by atoms with E-state index >= 15 is 0 Å². The number of fused-ring (bicyclic) bond motifs is 2. The molecule has 5 aliphatic rings. The first-order chi connectivity index (χ1) is 19.0. The van der Waals surface area contributed by atoms with E-state index in [1.807, 2.05) is 7.05 Å². The molecular formula is C30H36ClN3O6. The predicted molar refractivity (Wildman–Crippen MR) is 149 cm³/mol. The smallest absolute Gasteiger partial charge is 0.252 e. The molecule has 9 nitrogen and oxygen atoms in total. The first-order valence-electron chi connectivity index (χ1n) is 14.0. The van der Waals surface area contributed by atoms with Gasteiger partial charge in [0.25, 0.3) is 5.91 Å². The molecule has 1 aliphatic heterocycles. The maximum absolute atomic E-state index is 14.0. The van der Waals surface area contributed by atoms with E-state index in [0.717, 1.165) is 12.1 Å². The molecule has 1 spiro atoms. The normalized spacial score (nSPS) is 29.5. The van der Waals surface area contributed by atoms with Crippen LogP contribution in [0.5, 0.6) is 5.75 Å². The van der Waals surface area contributed by atoms with Crippen LogP contribution in [0.15, 0.2) is 40.6 Å². The van der Waals surface area contributed by atoms with E-state index < -0.39 is 35.2 Å². The Morgan fingerprint density at radius 1 is 1.20 bits per heavy atom. The number of carbonyl (C=O) groups excluding carboxylic acids is 2. The van der Waals surface area contributed by atoms with Crippen molar-refractivity contribution in [2.24, 2.45) is 23.5 Å². The Bertz CT molecular complexity index is 1410. The lowest BCUT2D eigenvalue weighted by molar-refractivity contribution is -0.118. The van der Waals surface area contributed by atoms with E-state index in [1.54, 1.807) is 25.1 Å². The Hall–Kier alpha value is -3.01. The molecule has 1 amide bonds. The number of allylic oxidation sites excluding steroid dienone is 1. The Morgan fingerprint density at radius 2 is 1.90 bits per heavy atom. The zero-order valence-electron chi connectivity index (χ0n) is 23.0. The highest BCUT2D eigenvalue weighted by Crippen LogP contribution is 2.60. The average molecular weight is 570 g/mol. The molecule has 0 bridgehead atoms. The fraction of sp³-hybridized carbons (Fsp3) is 0.533. The third-order valence-corrected chi connectivity index (χ3v) is 10.1. The zero-order valence-corrected chi connectivity index (χ0v) is 23.8. The number of halogens is 1. The molecule has 1 unspecified atom stereocenters. The van der Waals surface area contributed by atoms with Crippen LogP contribution in [0.1, 0.15) is 53.6 Å². The SMILES string of the molecule is CN(Cc1cc(O)c2c(c1Cl)C[C@H]1C[C@H]3[C@H](N(C)C)C(O)=C(C(N)=O)C4=COC43C(O)=C1C2=O)CC1CCCC1. The summed E-state index contributed by atoms with van der Waals surface area (Å²) in [6.07, 6.45) is 7.01. The molecule has 5 N–H and O–H groups in total. The molecule has 1 fully saturated rings. The van der Waals surface area contributed by atoms with Gasteiger partial charge in [0.05, 0.1) is 29.0 Å². The van der Waals surface area contributed by atoms with Crippen molar-refractivity contribution < 1.29 is 29.6 Å². The quantitative estimate of drug-likeness (QED) is 0.407. The van der Waals surface area contributed by atoms with Gasteiger partial charge in [0, 0.05) is 29.6 Å². The average Bonchev–Trinajstić information content (AvgIpc) is 3.36. The number of aromatic hydroxyl groups is 1. The fourth-order valence-electron chi connectivity index (χ4n) is 7.98. The summed E-state index contributed by atoms with van der Waals surface area (Å²) in [5, 5.41) is 34.4. The van der Waals surface area contributed by atoms with Crippen LogP contribution in [0, 0.1) is 17.8 Å². The van der Waals surface area contributed by atoms with Gasteiger partial charge in [0.15, 0.2) is 11.4 Å². The standard InChI is InChI=1S/C30H36ClN3O6/c1-33(2)25-18-9-15-8-17-22(20(35)10-16(24(17)31)12-34(3)11-14-6-4-5-7-14)26(36)21(15)28(38)30(18)19(13-40-30)23(27(25)37)29(32)39/h10,13-15,18,25,35,37-38H,4-9,11-12H2,1-3H3,(H2,32,39)/t15-,18-,25-,30?/m0/s1. The molecular weight excluding hydrogens is 534 g/mol. The minimum absolute atomic E-state index is 0.0955. The van der Waals surface area contributed by atoms with E-state index in [4.69, 9.17) is 22.1 Å². The van der Waals surface area contributed by atoms with Gasteiger partial charge < -0.3 is 30.7 Å². The molecule has 40 heavy (non-hydrogen) atoms. The van der Waals surface area contributed by atoms with Crippen LogP contribution in [-0.2, 0) is 22.5 Å². The van der Waals surface area contributed by atoms with Crippen molar-refractivity contribution in [2.75, 3.05) is 27.7 Å². The third kappa shape index (κ3) is 3.74. The molecule has 214 valence electrons. The number of aliphatic hydroxyl groups is 2. The summed E-state index contributed by atoms with van der Waals surface area (Å²) in [5.41, 5.74) is 5.90. The van der Waals surface area contributed by atoms with Gasteiger partial charge in [-0.05, 0) is 75.9 Å². The number of benzene rings is 1. The van der Waals surface area contributed by atoms with Crippen molar-refractivity contribution in [2.45, 2.75) is 56.7 Å². The van der Waals surface area contributed by atoms with E-state index in [0.29, 0.717) is 35.9 Å². The molecule has 0 saturated heterocycles. The molecule has 6 rings (SSSR count). The van der Waals surface area contributed by atoms with Crippen LogP contribution in [0.25, 0.3) is 0 Å². The number of amides is 1. The van der Waals surface area contributed by atoms with Gasteiger partial charge >= 0.3 is 0 Å². The maximum Gasteiger partial charge on any atom is 0.252 e. The van der Waals surface area contributed by atoms with Crippen LogP contribution < -0.4 is 5.73 Å². The number of Topliss-reactive ketones (excluding diaryl/α,β-unsaturated/α-hetero) is 1. The van der Waals surface area contributed by atoms with E-state index in [2.05, 4.69) is 4.90 Å². The number of likely N-dealkylation sites (N-methyl/N-ethyl adjacent to an activating group) is 1. The number of phenols is 1. The number of primary amides is 1. The minimum Gasteiger partial charge on any atom is -0.510 e. The van der Waals surface area contributed by atoms with Crippen molar-refractivity contribution in [3.05, 3.63) is 62.3 Å². The number of hydrogen-bond donors (Lipinski definition) is 4. The molecule has 4 atom stereocenters. The predicted octanol–water partition coefficient (Wildman–Crippen LogP) is 3.75. The van der Waals surface area contributed by atoms with Gasteiger partial charge in [0.2, 0.25) is 0 Å².